The fourth-order valence-electron chi connectivity index (χ4n) is 3.28. The van der Waals surface area contributed by atoms with Crippen molar-refractivity contribution in [1.29, 1.82) is 5.26 Å². The summed E-state index contributed by atoms with van der Waals surface area (Å²) in [7, 11) is 3.06. The molecular formula is C25H23ClN2O3. The van der Waals surface area contributed by atoms with Crippen LogP contribution >= 0.6 is 11.6 Å². The summed E-state index contributed by atoms with van der Waals surface area (Å²) in [6, 6.07) is 20.3. The number of hydrogen-bond donors (Lipinski definition) is 1. The topological polar surface area (TPSA) is 71.3 Å². The first kappa shape index (κ1) is 22.2. The second-order valence-electron chi connectivity index (χ2n) is 7.53. The lowest BCUT2D eigenvalue weighted by Gasteiger charge is -2.21. The van der Waals surface area contributed by atoms with E-state index in [4.69, 9.17) is 21.1 Å². The first-order valence-electron chi connectivity index (χ1n) is 9.64. The quantitative estimate of drug-likeness (QED) is 0.510. The number of nitriles is 1. The van der Waals surface area contributed by atoms with E-state index in [2.05, 4.69) is 11.4 Å². The zero-order chi connectivity index (χ0) is 22.6. The lowest BCUT2D eigenvalue weighted by molar-refractivity contribution is 0.102. The summed E-state index contributed by atoms with van der Waals surface area (Å²) in [4.78, 5) is 12.8. The Hall–Kier alpha value is -3.49. The largest absolute Gasteiger partial charge is 0.493 e. The van der Waals surface area contributed by atoms with Gasteiger partial charge in [-0.3, -0.25) is 4.79 Å². The van der Waals surface area contributed by atoms with E-state index in [0.717, 1.165) is 16.7 Å². The first-order chi connectivity index (χ1) is 14.8. The molecule has 0 bridgehead atoms. The van der Waals surface area contributed by atoms with Gasteiger partial charge >= 0.3 is 0 Å². The molecule has 31 heavy (non-hydrogen) atoms. The van der Waals surface area contributed by atoms with E-state index >= 15 is 0 Å². The van der Waals surface area contributed by atoms with Gasteiger partial charge in [-0.1, -0.05) is 29.8 Å². The van der Waals surface area contributed by atoms with Gasteiger partial charge in [0, 0.05) is 16.3 Å². The van der Waals surface area contributed by atoms with Crippen molar-refractivity contribution >= 4 is 23.2 Å². The van der Waals surface area contributed by atoms with Crippen molar-refractivity contribution in [1.82, 2.24) is 0 Å². The molecule has 0 aliphatic carbocycles. The lowest BCUT2D eigenvalue weighted by atomic mass is 9.81. The van der Waals surface area contributed by atoms with Crippen LogP contribution in [0.15, 0.2) is 60.7 Å². The highest BCUT2D eigenvalue weighted by Crippen LogP contribution is 2.36. The predicted molar refractivity (Wildman–Crippen MR) is 123 cm³/mol. The molecule has 158 valence electrons. The Morgan fingerprint density at radius 2 is 1.65 bits per heavy atom. The maximum absolute atomic E-state index is 12.8. The molecule has 0 aromatic heterocycles. The number of rotatable bonds is 6. The van der Waals surface area contributed by atoms with Crippen LogP contribution in [0.4, 0.5) is 5.69 Å². The van der Waals surface area contributed by atoms with Crippen LogP contribution in [0.3, 0.4) is 0 Å². The van der Waals surface area contributed by atoms with E-state index in [-0.39, 0.29) is 5.91 Å². The molecule has 3 rings (SSSR count). The molecule has 1 N–H and O–H groups in total. The molecule has 0 radical (unpaired) electrons. The number of benzene rings is 3. The fraction of sp³-hybridized carbons (Fsp3) is 0.200. The molecule has 0 aliphatic heterocycles. The molecule has 0 saturated heterocycles. The number of amides is 1. The summed E-state index contributed by atoms with van der Waals surface area (Å²) >= 11 is 6.04. The first-order valence-corrected chi connectivity index (χ1v) is 10.0. The van der Waals surface area contributed by atoms with Gasteiger partial charge in [-0.25, -0.2) is 0 Å². The Morgan fingerprint density at radius 1 is 0.968 bits per heavy atom. The lowest BCUT2D eigenvalue weighted by Crippen LogP contribution is -2.16. The van der Waals surface area contributed by atoms with Crippen molar-refractivity contribution in [2.24, 2.45) is 0 Å². The Labute approximate surface area is 187 Å². The molecular weight excluding hydrogens is 412 g/mol. The Balaban J connectivity index is 1.99. The van der Waals surface area contributed by atoms with Gasteiger partial charge in [-0.2, -0.15) is 5.26 Å². The highest BCUT2D eigenvalue weighted by atomic mass is 35.5. The molecule has 0 atom stereocenters. The van der Waals surface area contributed by atoms with Crippen molar-refractivity contribution in [3.05, 3.63) is 76.8 Å². The third-order valence-electron chi connectivity index (χ3n) is 5.03. The average molecular weight is 435 g/mol. The molecule has 0 fully saturated rings. The molecule has 5 nitrogen and oxygen atoms in total. The smallest absolute Gasteiger partial charge is 0.255 e. The summed E-state index contributed by atoms with van der Waals surface area (Å²) in [6.45, 7) is 3.73. The number of nitrogens with zero attached hydrogens (tertiary/aromatic N) is 1. The highest BCUT2D eigenvalue weighted by Gasteiger charge is 2.24. The van der Waals surface area contributed by atoms with Crippen molar-refractivity contribution in [3.8, 4) is 28.7 Å². The number of nitrogens with one attached hydrogen (secondary N) is 1. The van der Waals surface area contributed by atoms with Crippen molar-refractivity contribution in [2.45, 2.75) is 19.3 Å². The van der Waals surface area contributed by atoms with Crippen molar-refractivity contribution < 1.29 is 14.3 Å². The van der Waals surface area contributed by atoms with Crippen LogP contribution in [0, 0.1) is 11.3 Å². The van der Waals surface area contributed by atoms with Gasteiger partial charge < -0.3 is 14.8 Å². The molecule has 0 saturated carbocycles. The van der Waals surface area contributed by atoms with E-state index in [9.17, 15) is 10.1 Å². The van der Waals surface area contributed by atoms with E-state index < -0.39 is 5.41 Å². The number of hydrogen-bond acceptors (Lipinski definition) is 4. The Kier molecular flexibility index (Phi) is 6.53. The molecule has 0 aliphatic rings. The minimum absolute atomic E-state index is 0.282. The second kappa shape index (κ2) is 9.11. The van der Waals surface area contributed by atoms with Crippen LogP contribution in [0.2, 0.25) is 5.02 Å². The average Bonchev–Trinajstić information content (AvgIpc) is 2.78. The number of carbonyl (C=O) groups excluding carboxylic acids is 1. The van der Waals surface area contributed by atoms with E-state index in [1.807, 2.05) is 38.1 Å². The molecule has 0 spiro atoms. The van der Waals surface area contributed by atoms with Crippen LogP contribution in [0.1, 0.15) is 29.8 Å². The third-order valence-corrected chi connectivity index (χ3v) is 5.28. The van der Waals surface area contributed by atoms with Crippen molar-refractivity contribution in [3.63, 3.8) is 0 Å². The third kappa shape index (κ3) is 4.82. The van der Waals surface area contributed by atoms with E-state index in [1.54, 1.807) is 43.5 Å². The number of halogens is 1. The number of ether oxygens (including phenoxy) is 2. The van der Waals surface area contributed by atoms with Gasteiger partial charge in [-0.15, -0.1) is 0 Å². The highest BCUT2D eigenvalue weighted by molar-refractivity contribution is 6.30. The monoisotopic (exact) mass is 434 g/mol. The Morgan fingerprint density at radius 3 is 2.26 bits per heavy atom. The van der Waals surface area contributed by atoms with Crippen LogP contribution in [-0.2, 0) is 5.41 Å². The minimum atomic E-state index is -0.707. The Bertz CT molecular complexity index is 1150. The van der Waals surface area contributed by atoms with Crippen LogP contribution in [0.5, 0.6) is 11.5 Å². The standard InChI is InChI=1S/C25H23ClN2O3/c1-25(2,15-27)21-11-10-19(14-20(21)16-5-8-18(26)9-6-16)28-24(29)17-7-12-22(30-3)23(13-17)31-4/h5-14H,1-4H3,(H,28,29). The molecule has 3 aromatic carbocycles. The molecule has 0 heterocycles. The van der Waals surface area contributed by atoms with Gasteiger partial charge in [0.15, 0.2) is 11.5 Å². The number of carbonyl (C=O) groups is 1. The van der Waals surface area contributed by atoms with Gasteiger partial charge in [-0.05, 0) is 73.0 Å². The minimum Gasteiger partial charge on any atom is -0.493 e. The predicted octanol–water partition coefficient (Wildman–Crippen LogP) is 6.08. The molecule has 0 unspecified atom stereocenters. The van der Waals surface area contributed by atoms with Gasteiger partial charge in [0.05, 0.1) is 25.7 Å². The summed E-state index contributed by atoms with van der Waals surface area (Å²) in [5.41, 5.74) is 2.97. The van der Waals surface area contributed by atoms with Crippen LogP contribution in [-0.4, -0.2) is 20.1 Å². The fourth-order valence-corrected chi connectivity index (χ4v) is 3.40. The maximum atomic E-state index is 12.8. The van der Waals surface area contributed by atoms with Crippen LogP contribution in [0.25, 0.3) is 11.1 Å². The summed E-state index contributed by atoms with van der Waals surface area (Å²) in [5.74, 6) is 0.741. The van der Waals surface area contributed by atoms with E-state index in [1.165, 1.54) is 7.11 Å². The number of anilines is 1. The maximum Gasteiger partial charge on any atom is 0.255 e. The SMILES string of the molecule is COc1ccc(C(=O)Nc2ccc(C(C)(C)C#N)c(-c3ccc(Cl)cc3)c2)cc1OC. The van der Waals surface area contributed by atoms with Crippen LogP contribution < -0.4 is 14.8 Å². The van der Waals surface area contributed by atoms with Crippen molar-refractivity contribution in [2.75, 3.05) is 19.5 Å². The summed E-state index contributed by atoms with van der Waals surface area (Å²) in [5, 5.41) is 13.2. The zero-order valence-electron chi connectivity index (χ0n) is 17.8. The molecule has 1 amide bonds. The zero-order valence-corrected chi connectivity index (χ0v) is 18.6. The normalized spacial score (nSPS) is 10.8. The van der Waals surface area contributed by atoms with Gasteiger partial charge in [0.25, 0.3) is 5.91 Å². The second-order valence-corrected chi connectivity index (χ2v) is 7.96. The molecule has 6 heteroatoms. The van der Waals surface area contributed by atoms with Gasteiger partial charge in [0.2, 0.25) is 0 Å². The number of methoxy groups -OCH3 is 2. The summed E-state index contributed by atoms with van der Waals surface area (Å²) < 4.78 is 10.5. The van der Waals surface area contributed by atoms with E-state index in [0.29, 0.717) is 27.8 Å². The molecule has 3 aromatic rings. The summed E-state index contributed by atoms with van der Waals surface area (Å²) in [6.07, 6.45) is 0. The van der Waals surface area contributed by atoms with Gasteiger partial charge in [0.1, 0.15) is 0 Å².